The Balaban J connectivity index is 1.35. The van der Waals surface area contributed by atoms with Crippen LogP contribution in [0.3, 0.4) is 0 Å². The van der Waals surface area contributed by atoms with Gasteiger partial charge in [0.25, 0.3) is 5.91 Å². The zero-order chi connectivity index (χ0) is 22.1. The maximum absolute atomic E-state index is 13.2. The van der Waals surface area contributed by atoms with Crippen molar-refractivity contribution in [1.82, 2.24) is 30.0 Å². The number of ether oxygens (including phenoxy) is 1. The molecule has 11 nitrogen and oxygen atoms in total. The number of nitrogens with zero attached hydrogens (tertiary/aromatic N) is 6. The van der Waals surface area contributed by atoms with Crippen LogP contribution in [0, 0.1) is 0 Å². The standard InChI is InChI=1S/C21H22N6O5/c28-13-15-11-27(24-22-15)16-3-1-14(2-4-16)20-19-17(32-23-20)5-6-26(21(19)30)12-18(29)25-7-9-31-10-8-25/h1-4,11,28H,5-10,12-13H2. The summed E-state index contributed by atoms with van der Waals surface area (Å²) in [4.78, 5) is 29.1. The lowest BCUT2D eigenvalue weighted by Crippen LogP contribution is -2.48. The minimum Gasteiger partial charge on any atom is -0.390 e. The Morgan fingerprint density at radius 1 is 1.12 bits per heavy atom. The van der Waals surface area contributed by atoms with E-state index in [1.165, 1.54) is 0 Å². The summed E-state index contributed by atoms with van der Waals surface area (Å²) in [6.45, 7) is 2.38. The lowest BCUT2D eigenvalue weighted by molar-refractivity contribution is -0.136. The summed E-state index contributed by atoms with van der Waals surface area (Å²) in [5, 5.41) is 21.1. The Hall–Kier alpha value is -3.57. The first kappa shape index (κ1) is 20.3. The molecule has 1 N–H and O–H groups in total. The lowest BCUT2D eigenvalue weighted by atomic mass is 10.0. The molecule has 0 radical (unpaired) electrons. The van der Waals surface area contributed by atoms with Crippen LogP contribution in [0.15, 0.2) is 35.0 Å². The first-order valence-electron chi connectivity index (χ1n) is 10.4. The number of rotatable bonds is 5. The highest BCUT2D eigenvalue weighted by Crippen LogP contribution is 2.30. The molecule has 11 heteroatoms. The van der Waals surface area contributed by atoms with Crippen LogP contribution in [0.25, 0.3) is 16.9 Å². The van der Waals surface area contributed by atoms with Crippen molar-refractivity contribution < 1.29 is 24.0 Å². The number of aliphatic hydroxyl groups excluding tert-OH is 1. The van der Waals surface area contributed by atoms with Crippen LogP contribution >= 0.6 is 0 Å². The molecule has 0 aliphatic carbocycles. The molecule has 1 aromatic carbocycles. The summed E-state index contributed by atoms with van der Waals surface area (Å²) in [5.74, 6) is 0.201. The second-order valence-electron chi connectivity index (χ2n) is 7.66. The lowest BCUT2D eigenvalue weighted by Gasteiger charge is -2.31. The van der Waals surface area contributed by atoms with E-state index in [0.717, 1.165) is 11.3 Å². The number of aromatic nitrogens is 4. The van der Waals surface area contributed by atoms with E-state index < -0.39 is 0 Å². The molecule has 0 spiro atoms. The number of hydrogen-bond donors (Lipinski definition) is 1. The van der Waals surface area contributed by atoms with Gasteiger partial charge in [-0.1, -0.05) is 22.5 Å². The van der Waals surface area contributed by atoms with Crippen molar-refractivity contribution in [2.75, 3.05) is 39.4 Å². The smallest absolute Gasteiger partial charge is 0.260 e. The maximum Gasteiger partial charge on any atom is 0.260 e. The van der Waals surface area contributed by atoms with Gasteiger partial charge in [0.15, 0.2) is 5.76 Å². The van der Waals surface area contributed by atoms with Crippen molar-refractivity contribution in [2.45, 2.75) is 13.0 Å². The zero-order valence-corrected chi connectivity index (χ0v) is 17.3. The van der Waals surface area contributed by atoms with Gasteiger partial charge in [0.05, 0.1) is 31.7 Å². The van der Waals surface area contributed by atoms with Crippen molar-refractivity contribution in [3.8, 4) is 16.9 Å². The van der Waals surface area contributed by atoms with Crippen molar-refractivity contribution in [3.63, 3.8) is 0 Å². The summed E-state index contributed by atoms with van der Waals surface area (Å²) < 4.78 is 12.3. The number of carbonyl (C=O) groups is 2. The number of amides is 2. The van der Waals surface area contributed by atoms with Crippen LogP contribution < -0.4 is 0 Å². The van der Waals surface area contributed by atoms with Crippen molar-refractivity contribution in [3.05, 3.63) is 47.5 Å². The molecule has 2 aliphatic rings. The van der Waals surface area contributed by atoms with Crippen LogP contribution in [0.2, 0.25) is 0 Å². The Labute approximate surface area is 183 Å². The van der Waals surface area contributed by atoms with E-state index in [0.29, 0.717) is 62.0 Å². The topological polar surface area (TPSA) is 127 Å². The van der Waals surface area contributed by atoms with Gasteiger partial charge in [-0.2, -0.15) is 0 Å². The zero-order valence-electron chi connectivity index (χ0n) is 17.3. The van der Waals surface area contributed by atoms with Gasteiger partial charge >= 0.3 is 0 Å². The number of benzene rings is 1. The van der Waals surface area contributed by atoms with E-state index >= 15 is 0 Å². The van der Waals surface area contributed by atoms with Gasteiger partial charge in [-0.25, -0.2) is 4.68 Å². The quantitative estimate of drug-likeness (QED) is 0.602. The SMILES string of the molecule is O=C(CN1CCc2onc(-c3ccc(-n4cc(CO)nn4)cc3)c2C1=O)N1CCOCC1. The Morgan fingerprint density at radius 3 is 2.62 bits per heavy atom. The van der Waals surface area contributed by atoms with E-state index in [1.54, 1.807) is 20.7 Å². The summed E-state index contributed by atoms with van der Waals surface area (Å²) in [6.07, 6.45) is 2.14. The molecule has 2 amide bonds. The fraction of sp³-hybridized carbons (Fsp3) is 0.381. The van der Waals surface area contributed by atoms with E-state index in [9.17, 15) is 9.59 Å². The van der Waals surface area contributed by atoms with Crippen molar-refractivity contribution >= 4 is 11.8 Å². The van der Waals surface area contributed by atoms with E-state index in [2.05, 4.69) is 15.5 Å². The maximum atomic E-state index is 13.2. The summed E-state index contributed by atoms with van der Waals surface area (Å²) in [7, 11) is 0. The highest BCUT2D eigenvalue weighted by molar-refractivity contribution is 6.03. The molecular formula is C21H22N6O5. The largest absolute Gasteiger partial charge is 0.390 e. The van der Waals surface area contributed by atoms with Crippen LogP contribution in [-0.4, -0.2) is 86.3 Å². The first-order chi connectivity index (χ1) is 15.6. The second-order valence-corrected chi connectivity index (χ2v) is 7.66. The monoisotopic (exact) mass is 438 g/mol. The number of hydrogen-bond acceptors (Lipinski definition) is 8. The molecule has 2 aliphatic heterocycles. The van der Waals surface area contributed by atoms with Gasteiger partial charge in [-0.05, 0) is 12.1 Å². The van der Waals surface area contributed by atoms with E-state index in [4.69, 9.17) is 14.4 Å². The second kappa shape index (κ2) is 8.52. The molecule has 32 heavy (non-hydrogen) atoms. The van der Waals surface area contributed by atoms with Crippen LogP contribution in [0.4, 0.5) is 0 Å². The van der Waals surface area contributed by atoms with Gasteiger partial charge < -0.3 is 24.2 Å². The van der Waals surface area contributed by atoms with Crippen molar-refractivity contribution in [2.24, 2.45) is 0 Å². The van der Waals surface area contributed by atoms with Gasteiger partial charge in [0, 0.05) is 31.6 Å². The number of morpholine rings is 1. The number of fused-ring (bicyclic) bond motifs is 1. The third-order valence-corrected chi connectivity index (χ3v) is 5.67. The number of carbonyl (C=O) groups excluding carboxylic acids is 2. The highest BCUT2D eigenvalue weighted by Gasteiger charge is 2.34. The third-order valence-electron chi connectivity index (χ3n) is 5.67. The summed E-state index contributed by atoms with van der Waals surface area (Å²) in [6, 6.07) is 7.27. The van der Waals surface area contributed by atoms with Gasteiger partial charge in [0.1, 0.15) is 23.5 Å². The molecule has 0 bridgehead atoms. The average molecular weight is 438 g/mol. The fourth-order valence-electron chi connectivity index (χ4n) is 3.90. The number of aliphatic hydroxyl groups is 1. The molecule has 1 fully saturated rings. The summed E-state index contributed by atoms with van der Waals surface area (Å²) in [5.41, 5.74) is 2.80. The van der Waals surface area contributed by atoms with Gasteiger partial charge in [0.2, 0.25) is 5.91 Å². The predicted octanol–water partition coefficient (Wildman–Crippen LogP) is 0.272. The molecule has 0 unspecified atom stereocenters. The van der Waals surface area contributed by atoms with Crippen LogP contribution in [-0.2, 0) is 22.6 Å². The average Bonchev–Trinajstić information content (AvgIpc) is 3.49. The molecule has 2 aromatic heterocycles. The molecule has 1 saturated heterocycles. The normalized spacial score (nSPS) is 16.3. The first-order valence-corrected chi connectivity index (χ1v) is 10.4. The van der Waals surface area contributed by atoms with Gasteiger partial charge in [-0.3, -0.25) is 9.59 Å². The molecule has 0 atom stereocenters. The molecule has 4 heterocycles. The fourth-order valence-corrected chi connectivity index (χ4v) is 3.90. The van der Waals surface area contributed by atoms with Crippen LogP contribution in [0.5, 0.6) is 0 Å². The Bertz CT molecular complexity index is 1130. The highest BCUT2D eigenvalue weighted by atomic mass is 16.5. The molecule has 5 rings (SSSR count). The Kier molecular flexibility index (Phi) is 5.41. The third kappa shape index (κ3) is 3.76. The minimum atomic E-state index is -0.253. The van der Waals surface area contributed by atoms with E-state index in [1.807, 2.05) is 24.3 Å². The van der Waals surface area contributed by atoms with Crippen LogP contribution in [0.1, 0.15) is 21.8 Å². The molecule has 0 saturated carbocycles. The molecular weight excluding hydrogens is 416 g/mol. The summed E-state index contributed by atoms with van der Waals surface area (Å²) >= 11 is 0. The van der Waals surface area contributed by atoms with E-state index in [-0.39, 0.29) is 25.0 Å². The molecule has 166 valence electrons. The van der Waals surface area contributed by atoms with Crippen molar-refractivity contribution in [1.29, 1.82) is 0 Å². The Morgan fingerprint density at radius 2 is 1.91 bits per heavy atom. The van der Waals surface area contributed by atoms with Gasteiger partial charge in [-0.15, -0.1) is 5.10 Å². The minimum absolute atomic E-state index is 0.0291. The predicted molar refractivity (Wildman–Crippen MR) is 110 cm³/mol. The molecule has 3 aromatic rings.